The molecule has 1 aliphatic carbocycles. The molecule has 5 heteroatoms. The molecule has 2 N–H and O–H groups in total. The molecule has 2 unspecified atom stereocenters. The van der Waals surface area contributed by atoms with Gasteiger partial charge < -0.3 is 5.73 Å². The zero-order chi connectivity index (χ0) is 13.8. The van der Waals surface area contributed by atoms with Gasteiger partial charge in [0, 0.05) is 12.6 Å². The number of rotatable bonds is 4. The van der Waals surface area contributed by atoms with Crippen LogP contribution in [-0.4, -0.2) is 29.5 Å². The Morgan fingerprint density at radius 2 is 2.05 bits per heavy atom. The number of aromatic nitrogens is 1. The number of halogens is 2. The van der Waals surface area contributed by atoms with Crippen molar-refractivity contribution in [3.63, 3.8) is 0 Å². The highest BCUT2D eigenvalue weighted by atomic mass is 35.5. The third kappa shape index (κ3) is 3.82. The summed E-state index contributed by atoms with van der Waals surface area (Å²) in [5.74, 6) is 0.580. The first-order chi connectivity index (χ1) is 9.11. The zero-order valence-corrected chi connectivity index (χ0v) is 12.8. The molecule has 1 aliphatic rings. The highest BCUT2D eigenvalue weighted by Gasteiger charge is 2.27. The maximum absolute atomic E-state index is 6.18. The molecule has 0 spiro atoms. The topological polar surface area (TPSA) is 42.2 Å². The fourth-order valence-electron chi connectivity index (χ4n) is 2.97. The third-order valence-corrected chi connectivity index (χ3v) is 4.58. The molecule has 2 rings (SSSR count). The Morgan fingerprint density at radius 1 is 1.32 bits per heavy atom. The van der Waals surface area contributed by atoms with E-state index in [1.807, 2.05) is 0 Å². The Bertz CT molecular complexity index is 425. The summed E-state index contributed by atoms with van der Waals surface area (Å²) >= 11 is 12.1. The SMILES string of the molecule is CN(Cc1nc(Cl)ccc1Cl)C1CCCCC1CN. The highest BCUT2D eigenvalue weighted by Crippen LogP contribution is 2.28. The average Bonchev–Trinajstić information content (AvgIpc) is 2.42. The van der Waals surface area contributed by atoms with Gasteiger partial charge in [0.05, 0.1) is 10.7 Å². The lowest BCUT2D eigenvalue weighted by Crippen LogP contribution is -2.42. The van der Waals surface area contributed by atoms with E-state index in [1.54, 1.807) is 12.1 Å². The summed E-state index contributed by atoms with van der Waals surface area (Å²) in [4.78, 5) is 6.64. The van der Waals surface area contributed by atoms with Crippen molar-refractivity contribution in [3.05, 3.63) is 28.0 Å². The largest absolute Gasteiger partial charge is 0.330 e. The first-order valence-corrected chi connectivity index (χ1v) is 7.58. The van der Waals surface area contributed by atoms with Crippen LogP contribution < -0.4 is 5.73 Å². The number of pyridine rings is 1. The number of hydrogen-bond donors (Lipinski definition) is 1. The van der Waals surface area contributed by atoms with Crippen LogP contribution in [0, 0.1) is 5.92 Å². The van der Waals surface area contributed by atoms with Crippen LogP contribution in [0.1, 0.15) is 31.4 Å². The molecule has 3 nitrogen and oxygen atoms in total. The maximum atomic E-state index is 6.18. The molecular formula is C14H21Cl2N3. The fraction of sp³-hybridized carbons (Fsp3) is 0.643. The summed E-state index contributed by atoms with van der Waals surface area (Å²) in [5, 5.41) is 1.17. The van der Waals surface area contributed by atoms with Gasteiger partial charge in [0.15, 0.2) is 0 Å². The van der Waals surface area contributed by atoms with Crippen LogP contribution in [0.5, 0.6) is 0 Å². The number of nitrogens with zero attached hydrogens (tertiary/aromatic N) is 2. The van der Waals surface area contributed by atoms with E-state index in [1.165, 1.54) is 25.7 Å². The molecule has 0 saturated heterocycles. The summed E-state index contributed by atoms with van der Waals surface area (Å²) < 4.78 is 0. The van der Waals surface area contributed by atoms with E-state index in [9.17, 15) is 0 Å². The van der Waals surface area contributed by atoms with Crippen molar-refractivity contribution in [1.29, 1.82) is 0 Å². The van der Waals surface area contributed by atoms with Gasteiger partial charge in [-0.2, -0.15) is 0 Å². The second-order valence-electron chi connectivity index (χ2n) is 5.33. The van der Waals surface area contributed by atoms with Gasteiger partial charge in [0.1, 0.15) is 5.15 Å². The van der Waals surface area contributed by atoms with Gasteiger partial charge in [0.2, 0.25) is 0 Å². The number of nitrogens with two attached hydrogens (primary N) is 1. The molecule has 0 amide bonds. The van der Waals surface area contributed by atoms with Crippen LogP contribution in [0.3, 0.4) is 0 Å². The zero-order valence-electron chi connectivity index (χ0n) is 11.3. The molecule has 1 aromatic rings. The van der Waals surface area contributed by atoms with Crippen molar-refractivity contribution in [2.45, 2.75) is 38.3 Å². The van der Waals surface area contributed by atoms with E-state index in [-0.39, 0.29) is 0 Å². The molecule has 1 heterocycles. The van der Waals surface area contributed by atoms with Gasteiger partial charge in [-0.05, 0) is 44.5 Å². The van der Waals surface area contributed by atoms with Gasteiger partial charge in [-0.1, -0.05) is 36.0 Å². The first kappa shape index (κ1) is 15.0. The summed E-state index contributed by atoms with van der Waals surface area (Å²) in [7, 11) is 2.12. The summed E-state index contributed by atoms with van der Waals surface area (Å²) in [6.07, 6.45) is 5.00. The lowest BCUT2D eigenvalue weighted by Gasteiger charge is -2.37. The second kappa shape index (κ2) is 6.89. The van der Waals surface area contributed by atoms with E-state index in [0.29, 0.717) is 22.1 Å². The molecule has 1 aromatic heterocycles. The molecule has 0 bridgehead atoms. The number of hydrogen-bond acceptors (Lipinski definition) is 3. The fourth-order valence-corrected chi connectivity index (χ4v) is 3.30. The molecule has 0 radical (unpaired) electrons. The predicted molar refractivity (Wildman–Crippen MR) is 80.5 cm³/mol. The smallest absolute Gasteiger partial charge is 0.129 e. The van der Waals surface area contributed by atoms with Crippen LogP contribution in [0.25, 0.3) is 0 Å². The highest BCUT2D eigenvalue weighted by molar-refractivity contribution is 6.32. The van der Waals surface area contributed by atoms with Crippen LogP contribution in [0.4, 0.5) is 0 Å². The lowest BCUT2D eigenvalue weighted by molar-refractivity contribution is 0.126. The van der Waals surface area contributed by atoms with Gasteiger partial charge in [-0.15, -0.1) is 0 Å². The quantitative estimate of drug-likeness (QED) is 0.867. The van der Waals surface area contributed by atoms with E-state index < -0.39 is 0 Å². The van der Waals surface area contributed by atoms with Gasteiger partial charge in [0.25, 0.3) is 0 Å². The summed E-state index contributed by atoms with van der Waals surface area (Å²) in [5.41, 5.74) is 6.73. The molecule has 0 aliphatic heterocycles. The lowest BCUT2D eigenvalue weighted by atomic mass is 9.83. The van der Waals surface area contributed by atoms with Crippen molar-refractivity contribution in [2.75, 3.05) is 13.6 Å². The minimum atomic E-state index is 0.492. The van der Waals surface area contributed by atoms with Gasteiger partial charge >= 0.3 is 0 Å². The van der Waals surface area contributed by atoms with Crippen molar-refractivity contribution in [1.82, 2.24) is 9.88 Å². The standard InChI is InChI=1S/C14H21Cl2N3/c1-19(13-5-3-2-4-10(13)8-17)9-12-11(15)6-7-14(16)18-12/h6-7,10,13H,2-5,8-9,17H2,1H3. The van der Waals surface area contributed by atoms with Crippen molar-refractivity contribution in [2.24, 2.45) is 11.7 Å². The summed E-state index contributed by atoms with van der Waals surface area (Å²) in [6, 6.07) is 4.05. The summed E-state index contributed by atoms with van der Waals surface area (Å²) in [6.45, 7) is 1.48. The molecular weight excluding hydrogens is 281 g/mol. The second-order valence-corrected chi connectivity index (χ2v) is 6.12. The Morgan fingerprint density at radius 3 is 2.79 bits per heavy atom. The van der Waals surface area contributed by atoms with Crippen molar-refractivity contribution in [3.8, 4) is 0 Å². The Hall–Kier alpha value is -0.350. The average molecular weight is 302 g/mol. The van der Waals surface area contributed by atoms with Gasteiger partial charge in [-0.3, -0.25) is 4.90 Å². The molecule has 19 heavy (non-hydrogen) atoms. The molecule has 106 valence electrons. The normalized spacial score (nSPS) is 23.8. The van der Waals surface area contributed by atoms with Crippen molar-refractivity contribution >= 4 is 23.2 Å². The molecule has 0 aromatic carbocycles. The third-order valence-electron chi connectivity index (χ3n) is 4.02. The monoisotopic (exact) mass is 301 g/mol. The van der Waals surface area contributed by atoms with Crippen LogP contribution in [-0.2, 0) is 6.54 Å². The van der Waals surface area contributed by atoms with E-state index in [0.717, 1.165) is 18.8 Å². The maximum Gasteiger partial charge on any atom is 0.129 e. The van der Waals surface area contributed by atoms with Crippen LogP contribution >= 0.6 is 23.2 Å². The van der Waals surface area contributed by atoms with Crippen molar-refractivity contribution < 1.29 is 0 Å². The van der Waals surface area contributed by atoms with Crippen LogP contribution in [0.15, 0.2) is 12.1 Å². The molecule has 2 atom stereocenters. The Labute approximate surface area is 125 Å². The van der Waals surface area contributed by atoms with E-state index in [4.69, 9.17) is 28.9 Å². The minimum Gasteiger partial charge on any atom is -0.330 e. The molecule has 1 fully saturated rings. The van der Waals surface area contributed by atoms with E-state index in [2.05, 4.69) is 16.9 Å². The molecule has 1 saturated carbocycles. The van der Waals surface area contributed by atoms with Crippen LogP contribution in [0.2, 0.25) is 10.2 Å². The predicted octanol–water partition coefficient (Wildman–Crippen LogP) is 3.34. The first-order valence-electron chi connectivity index (χ1n) is 6.83. The Kier molecular flexibility index (Phi) is 5.46. The Balaban J connectivity index is 2.06. The minimum absolute atomic E-state index is 0.492. The van der Waals surface area contributed by atoms with E-state index >= 15 is 0 Å². The van der Waals surface area contributed by atoms with Gasteiger partial charge in [-0.25, -0.2) is 4.98 Å².